The van der Waals surface area contributed by atoms with Crippen molar-refractivity contribution in [3.63, 3.8) is 0 Å². The summed E-state index contributed by atoms with van der Waals surface area (Å²) in [5.74, 6) is -0.351. The highest BCUT2D eigenvalue weighted by molar-refractivity contribution is 14.1. The van der Waals surface area contributed by atoms with Crippen LogP contribution in [0.5, 0.6) is 0 Å². The van der Waals surface area contributed by atoms with Crippen LogP contribution in [0.2, 0.25) is 0 Å². The monoisotopic (exact) mass is 444 g/mol. The molecule has 23 heavy (non-hydrogen) atoms. The number of hydrogen-bond acceptors (Lipinski definition) is 3. The maximum Gasteiger partial charge on any atom is 0.255 e. The van der Waals surface area contributed by atoms with Crippen LogP contribution in [0, 0.1) is 3.57 Å². The van der Waals surface area contributed by atoms with Crippen molar-refractivity contribution >= 4 is 44.2 Å². The Bertz CT molecular complexity index is 820. The van der Waals surface area contributed by atoms with Gasteiger partial charge in [-0.15, -0.1) is 0 Å². The van der Waals surface area contributed by atoms with Gasteiger partial charge >= 0.3 is 0 Å². The summed E-state index contributed by atoms with van der Waals surface area (Å²) < 4.78 is 27.8. The Morgan fingerprint density at radius 1 is 1.09 bits per heavy atom. The Kier molecular flexibility index (Phi) is 5.77. The summed E-state index contributed by atoms with van der Waals surface area (Å²) in [6, 6.07) is 13.1. The third-order valence-corrected chi connectivity index (χ3v) is 5.52. The molecule has 0 bridgehead atoms. The number of carbonyl (C=O) groups excluding carboxylic acids is 1. The molecule has 0 atom stereocenters. The molecule has 0 saturated heterocycles. The van der Waals surface area contributed by atoms with Crippen molar-refractivity contribution in [2.45, 2.75) is 24.8 Å². The summed E-state index contributed by atoms with van der Waals surface area (Å²) in [6.45, 7) is 3.48. The first kappa shape index (κ1) is 17.9. The zero-order valence-corrected chi connectivity index (χ0v) is 15.7. The molecule has 2 N–H and O–H groups in total. The second kappa shape index (κ2) is 7.41. The van der Waals surface area contributed by atoms with Gasteiger partial charge in [-0.05, 0) is 66.8 Å². The first-order valence-corrected chi connectivity index (χ1v) is 9.54. The highest BCUT2D eigenvalue weighted by Gasteiger charge is 2.17. The second-order valence-corrected chi connectivity index (χ2v) is 8.11. The fraction of sp³-hybridized carbons (Fsp3) is 0.188. The van der Waals surface area contributed by atoms with Gasteiger partial charge in [-0.1, -0.05) is 18.2 Å². The molecule has 0 heterocycles. The van der Waals surface area contributed by atoms with E-state index in [2.05, 4.69) is 32.6 Å². The Balaban J connectivity index is 2.26. The van der Waals surface area contributed by atoms with Crippen LogP contribution in [0.15, 0.2) is 53.4 Å². The maximum absolute atomic E-state index is 12.3. The predicted octanol–water partition coefficient (Wildman–Crippen LogP) is 3.23. The van der Waals surface area contributed by atoms with Gasteiger partial charge in [0, 0.05) is 15.2 Å². The molecular weight excluding hydrogens is 427 g/mol. The number of amides is 1. The van der Waals surface area contributed by atoms with E-state index in [0.29, 0.717) is 5.69 Å². The van der Waals surface area contributed by atoms with Crippen LogP contribution in [-0.2, 0) is 10.0 Å². The molecule has 1 amide bonds. The van der Waals surface area contributed by atoms with Gasteiger partial charge in [0.1, 0.15) is 0 Å². The van der Waals surface area contributed by atoms with Crippen molar-refractivity contribution in [1.82, 2.24) is 4.72 Å². The smallest absolute Gasteiger partial charge is 0.255 e. The highest BCUT2D eigenvalue weighted by atomic mass is 127. The zero-order valence-electron chi connectivity index (χ0n) is 12.7. The predicted molar refractivity (Wildman–Crippen MR) is 99.0 cm³/mol. The molecule has 0 saturated carbocycles. The van der Waals surface area contributed by atoms with Crippen molar-refractivity contribution in [2.75, 3.05) is 5.32 Å². The first-order chi connectivity index (χ1) is 10.8. The summed E-state index contributed by atoms with van der Waals surface area (Å²) >= 11 is 2.13. The third-order valence-electron chi connectivity index (χ3n) is 2.92. The summed E-state index contributed by atoms with van der Waals surface area (Å²) in [6.07, 6.45) is 0. The fourth-order valence-electron chi connectivity index (χ4n) is 1.94. The minimum Gasteiger partial charge on any atom is -0.321 e. The van der Waals surface area contributed by atoms with E-state index in [1.165, 1.54) is 12.1 Å². The molecule has 0 radical (unpaired) electrons. The number of rotatable bonds is 5. The summed E-state index contributed by atoms with van der Waals surface area (Å²) in [7, 11) is -3.63. The van der Waals surface area contributed by atoms with Crippen molar-refractivity contribution in [2.24, 2.45) is 0 Å². The van der Waals surface area contributed by atoms with E-state index < -0.39 is 10.0 Å². The van der Waals surface area contributed by atoms with Crippen LogP contribution in [-0.4, -0.2) is 20.4 Å². The van der Waals surface area contributed by atoms with Gasteiger partial charge in [-0.3, -0.25) is 4.79 Å². The summed E-state index contributed by atoms with van der Waals surface area (Å²) in [5.41, 5.74) is 0.975. The molecular formula is C16H17IN2O3S. The largest absolute Gasteiger partial charge is 0.321 e. The van der Waals surface area contributed by atoms with E-state index in [0.717, 1.165) is 3.57 Å². The van der Waals surface area contributed by atoms with Crippen molar-refractivity contribution < 1.29 is 13.2 Å². The Hall–Kier alpha value is -1.45. The number of benzene rings is 2. The number of para-hydroxylation sites is 1. The Morgan fingerprint density at radius 3 is 2.43 bits per heavy atom. The molecule has 7 heteroatoms. The SMILES string of the molecule is CC(C)NS(=O)(=O)c1cccc(C(=O)Nc2ccccc2I)c1. The van der Waals surface area contributed by atoms with Gasteiger partial charge < -0.3 is 5.32 Å². The lowest BCUT2D eigenvalue weighted by Crippen LogP contribution is -2.30. The van der Waals surface area contributed by atoms with Crippen molar-refractivity contribution in [1.29, 1.82) is 0 Å². The molecule has 122 valence electrons. The quantitative estimate of drug-likeness (QED) is 0.696. The molecule has 0 spiro atoms. The maximum atomic E-state index is 12.3. The molecule has 2 aromatic carbocycles. The minimum absolute atomic E-state index is 0.0709. The highest BCUT2D eigenvalue weighted by Crippen LogP contribution is 2.19. The lowest BCUT2D eigenvalue weighted by Gasteiger charge is -2.11. The number of carbonyl (C=O) groups is 1. The van der Waals surface area contributed by atoms with Crippen molar-refractivity contribution in [3.05, 3.63) is 57.7 Å². The molecule has 0 aliphatic carbocycles. The molecule has 2 rings (SSSR count). The zero-order chi connectivity index (χ0) is 17.0. The van der Waals surface area contributed by atoms with Gasteiger partial charge in [0.25, 0.3) is 5.91 Å². The van der Waals surface area contributed by atoms with Crippen LogP contribution in [0.4, 0.5) is 5.69 Å². The fourth-order valence-corrected chi connectivity index (χ4v) is 3.76. The van der Waals surface area contributed by atoms with E-state index >= 15 is 0 Å². The van der Waals surface area contributed by atoms with E-state index in [-0.39, 0.29) is 22.4 Å². The topological polar surface area (TPSA) is 75.3 Å². The van der Waals surface area contributed by atoms with Gasteiger partial charge in [0.05, 0.1) is 10.6 Å². The van der Waals surface area contributed by atoms with E-state index in [1.54, 1.807) is 32.0 Å². The van der Waals surface area contributed by atoms with Gasteiger partial charge in [0.2, 0.25) is 10.0 Å². The van der Waals surface area contributed by atoms with Crippen molar-refractivity contribution in [3.8, 4) is 0 Å². The average molecular weight is 444 g/mol. The Morgan fingerprint density at radius 2 is 1.78 bits per heavy atom. The van der Waals surface area contributed by atoms with E-state index in [9.17, 15) is 13.2 Å². The lowest BCUT2D eigenvalue weighted by atomic mass is 10.2. The molecule has 0 aromatic heterocycles. The van der Waals surface area contributed by atoms with Gasteiger partial charge in [0.15, 0.2) is 0 Å². The third kappa shape index (κ3) is 4.76. The molecule has 0 aliphatic heterocycles. The average Bonchev–Trinajstić information content (AvgIpc) is 2.48. The normalized spacial score (nSPS) is 11.5. The summed E-state index contributed by atoms with van der Waals surface area (Å²) in [5, 5.41) is 2.78. The Labute approximate surface area is 149 Å². The van der Waals surface area contributed by atoms with E-state index in [1.807, 2.05) is 18.2 Å². The van der Waals surface area contributed by atoms with Crippen LogP contribution in [0.3, 0.4) is 0 Å². The van der Waals surface area contributed by atoms with Crippen LogP contribution in [0.25, 0.3) is 0 Å². The van der Waals surface area contributed by atoms with Crippen LogP contribution < -0.4 is 10.0 Å². The van der Waals surface area contributed by atoms with Crippen LogP contribution in [0.1, 0.15) is 24.2 Å². The first-order valence-electron chi connectivity index (χ1n) is 6.98. The van der Waals surface area contributed by atoms with Crippen LogP contribution >= 0.6 is 22.6 Å². The molecule has 5 nitrogen and oxygen atoms in total. The standard InChI is InChI=1S/C16H17IN2O3S/c1-11(2)19-23(21,22)13-7-5-6-12(10-13)16(20)18-15-9-4-3-8-14(15)17/h3-11,19H,1-2H3,(H,18,20). The summed E-state index contributed by atoms with van der Waals surface area (Å²) in [4.78, 5) is 12.4. The lowest BCUT2D eigenvalue weighted by molar-refractivity contribution is 0.102. The minimum atomic E-state index is -3.63. The number of anilines is 1. The molecule has 0 unspecified atom stereocenters. The number of hydrogen-bond donors (Lipinski definition) is 2. The van der Waals surface area contributed by atoms with Gasteiger partial charge in [-0.25, -0.2) is 13.1 Å². The van der Waals surface area contributed by atoms with E-state index in [4.69, 9.17) is 0 Å². The molecule has 0 fully saturated rings. The second-order valence-electron chi connectivity index (χ2n) is 5.24. The molecule has 2 aromatic rings. The molecule has 0 aliphatic rings. The number of halogens is 1. The van der Waals surface area contributed by atoms with Gasteiger partial charge in [-0.2, -0.15) is 0 Å². The number of sulfonamides is 1. The number of nitrogens with one attached hydrogen (secondary N) is 2.